The molecule has 0 aliphatic carbocycles. The van der Waals surface area contributed by atoms with Crippen molar-refractivity contribution in [2.75, 3.05) is 0 Å². The van der Waals surface area contributed by atoms with E-state index in [1.807, 2.05) is 12.1 Å². The molecule has 0 aliphatic heterocycles. The predicted molar refractivity (Wildman–Crippen MR) is 86.5 cm³/mol. The van der Waals surface area contributed by atoms with Crippen molar-refractivity contribution in [2.45, 2.75) is 43.3 Å². The van der Waals surface area contributed by atoms with Crippen molar-refractivity contribution in [1.82, 2.24) is 10.3 Å². The molecule has 0 aliphatic rings. The third-order valence-corrected chi connectivity index (χ3v) is 4.12. The molecule has 0 radical (unpaired) electrons. The van der Waals surface area contributed by atoms with Gasteiger partial charge in [-0.3, -0.25) is 0 Å². The largest absolute Gasteiger partial charge is 0.310 e. The first-order valence-electron chi connectivity index (χ1n) is 6.67. The fourth-order valence-corrected chi connectivity index (χ4v) is 2.77. The van der Waals surface area contributed by atoms with E-state index in [-0.39, 0.29) is 0 Å². The molecule has 2 rings (SSSR count). The van der Waals surface area contributed by atoms with Gasteiger partial charge in [0.15, 0.2) is 0 Å². The second-order valence-electron chi connectivity index (χ2n) is 5.06. The highest BCUT2D eigenvalue weighted by atomic mass is 35.5. The molecule has 0 amide bonds. The summed E-state index contributed by atoms with van der Waals surface area (Å²) >= 11 is 7.54. The molecule has 0 saturated heterocycles. The number of aryl methyl sites for hydroxylation is 1. The van der Waals surface area contributed by atoms with E-state index < -0.39 is 0 Å². The van der Waals surface area contributed by atoms with E-state index in [1.165, 1.54) is 16.0 Å². The summed E-state index contributed by atoms with van der Waals surface area (Å²) in [7, 11) is 0. The van der Waals surface area contributed by atoms with Crippen molar-refractivity contribution in [1.29, 1.82) is 0 Å². The Balaban J connectivity index is 2.19. The summed E-state index contributed by atoms with van der Waals surface area (Å²) in [4.78, 5) is 5.58. The van der Waals surface area contributed by atoms with E-state index in [9.17, 15) is 0 Å². The molecule has 2 nitrogen and oxygen atoms in total. The average molecular weight is 307 g/mol. The molecule has 0 fully saturated rings. The maximum atomic E-state index is 5.87. The molecular formula is C16H19ClN2S. The summed E-state index contributed by atoms with van der Waals surface area (Å²) in [6, 6.07) is 10.8. The normalized spacial score (nSPS) is 11.1. The quantitative estimate of drug-likeness (QED) is 0.867. The zero-order valence-electron chi connectivity index (χ0n) is 12.0. The highest BCUT2D eigenvalue weighted by Crippen LogP contribution is 2.30. The van der Waals surface area contributed by atoms with Crippen LogP contribution < -0.4 is 5.32 Å². The van der Waals surface area contributed by atoms with E-state index in [2.05, 4.69) is 49.3 Å². The van der Waals surface area contributed by atoms with Crippen molar-refractivity contribution < 1.29 is 0 Å². The van der Waals surface area contributed by atoms with Crippen LogP contribution in [0, 0.1) is 6.92 Å². The van der Waals surface area contributed by atoms with Gasteiger partial charge in [-0.2, -0.15) is 0 Å². The molecule has 0 bridgehead atoms. The Hall–Kier alpha value is -1.03. The Kier molecular flexibility index (Phi) is 5.46. The number of pyridine rings is 1. The Morgan fingerprint density at radius 2 is 2.05 bits per heavy atom. The fourth-order valence-electron chi connectivity index (χ4n) is 1.80. The van der Waals surface area contributed by atoms with Gasteiger partial charge in [-0.25, -0.2) is 4.98 Å². The number of benzene rings is 1. The molecule has 0 saturated carbocycles. The first-order chi connectivity index (χ1) is 9.54. The lowest BCUT2D eigenvalue weighted by atomic mass is 10.1. The van der Waals surface area contributed by atoms with Gasteiger partial charge in [0.25, 0.3) is 0 Å². The van der Waals surface area contributed by atoms with Gasteiger partial charge in [0, 0.05) is 23.7 Å². The zero-order valence-corrected chi connectivity index (χ0v) is 13.6. The Bertz CT molecular complexity index is 567. The number of nitrogens with one attached hydrogen (secondary N) is 1. The molecule has 1 aromatic heterocycles. The second kappa shape index (κ2) is 7.11. The first kappa shape index (κ1) is 15.4. The summed E-state index contributed by atoms with van der Waals surface area (Å²) in [5.41, 5.74) is 2.58. The van der Waals surface area contributed by atoms with Gasteiger partial charge >= 0.3 is 0 Å². The van der Waals surface area contributed by atoms with Crippen LogP contribution in [0.5, 0.6) is 0 Å². The summed E-state index contributed by atoms with van der Waals surface area (Å²) in [5, 5.41) is 5.10. The summed E-state index contributed by atoms with van der Waals surface area (Å²) in [5.74, 6) is 0. The Labute approximate surface area is 130 Å². The highest BCUT2D eigenvalue weighted by molar-refractivity contribution is 7.99. The molecular weight excluding hydrogens is 288 g/mol. The van der Waals surface area contributed by atoms with Gasteiger partial charge in [0.2, 0.25) is 0 Å². The van der Waals surface area contributed by atoms with Crippen molar-refractivity contribution in [3.63, 3.8) is 0 Å². The van der Waals surface area contributed by atoms with Crippen LogP contribution in [0.25, 0.3) is 0 Å². The van der Waals surface area contributed by atoms with Crippen LogP contribution in [-0.2, 0) is 6.54 Å². The first-order valence-corrected chi connectivity index (χ1v) is 7.86. The fraction of sp³-hybridized carbons (Fsp3) is 0.312. The topological polar surface area (TPSA) is 24.9 Å². The van der Waals surface area contributed by atoms with E-state index in [4.69, 9.17) is 11.6 Å². The van der Waals surface area contributed by atoms with Crippen LogP contribution in [0.2, 0.25) is 5.02 Å². The van der Waals surface area contributed by atoms with E-state index >= 15 is 0 Å². The van der Waals surface area contributed by atoms with Crippen LogP contribution in [0.1, 0.15) is 25.0 Å². The van der Waals surface area contributed by atoms with E-state index in [1.54, 1.807) is 18.0 Å². The van der Waals surface area contributed by atoms with Crippen LogP contribution in [0.3, 0.4) is 0 Å². The minimum atomic E-state index is 0.474. The van der Waals surface area contributed by atoms with Gasteiger partial charge in [0.05, 0.1) is 5.02 Å². The smallest absolute Gasteiger partial charge is 0.101 e. The molecule has 1 aromatic carbocycles. The second-order valence-corrected chi connectivity index (χ2v) is 6.56. The van der Waals surface area contributed by atoms with Gasteiger partial charge in [-0.05, 0) is 30.7 Å². The lowest BCUT2D eigenvalue weighted by molar-refractivity contribution is 0.584. The monoisotopic (exact) mass is 306 g/mol. The number of aromatic nitrogens is 1. The predicted octanol–water partition coefficient (Wildman–Crippen LogP) is 4.69. The lowest BCUT2D eigenvalue weighted by Crippen LogP contribution is -2.22. The number of hydrogen-bond donors (Lipinski definition) is 1. The van der Waals surface area contributed by atoms with Crippen molar-refractivity contribution in [3.8, 4) is 0 Å². The third-order valence-electron chi connectivity index (χ3n) is 2.83. The summed E-state index contributed by atoms with van der Waals surface area (Å²) in [6.45, 7) is 7.30. The van der Waals surface area contributed by atoms with Gasteiger partial charge in [-0.1, -0.05) is 54.9 Å². The number of hydrogen-bond acceptors (Lipinski definition) is 3. The van der Waals surface area contributed by atoms with Crippen molar-refractivity contribution >= 4 is 23.4 Å². The van der Waals surface area contributed by atoms with Crippen molar-refractivity contribution in [3.05, 3.63) is 52.7 Å². The summed E-state index contributed by atoms with van der Waals surface area (Å²) in [6.07, 6.45) is 1.68. The number of nitrogens with zero attached hydrogens (tertiary/aromatic N) is 1. The van der Waals surface area contributed by atoms with Crippen LogP contribution >= 0.6 is 23.4 Å². The van der Waals surface area contributed by atoms with Gasteiger partial charge in [0.1, 0.15) is 5.03 Å². The highest BCUT2D eigenvalue weighted by Gasteiger charge is 2.06. The molecule has 2 aromatic rings. The minimum Gasteiger partial charge on any atom is -0.310 e. The molecule has 0 spiro atoms. The maximum absolute atomic E-state index is 5.87. The third kappa shape index (κ3) is 4.51. The lowest BCUT2D eigenvalue weighted by Gasteiger charge is -2.13. The Morgan fingerprint density at radius 1 is 1.25 bits per heavy atom. The molecule has 106 valence electrons. The molecule has 0 unspecified atom stereocenters. The van der Waals surface area contributed by atoms with Crippen molar-refractivity contribution in [2.24, 2.45) is 0 Å². The van der Waals surface area contributed by atoms with Crippen LogP contribution in [-0.4, -0.2) is 11.0 Å². The number of halogens is 1. The van der Waals surface area contributed by atoms with E-state index in [0.717, 1.165) is 11.6 Å². The van der Waals surface area contributed by atoms with E-state index in [0.29, 0.717) is 11.1 Å². The van der Waals surface area contributed by atoms with Gasteiger partial charge < -0.3 is 5.32 Å². The van der Waals surface area contributed by atoms with Crippen LogP contribution in [0.4, 0.5) is 0 Å². The maximum Gasteiger partial charge on any atom is 0.101 e. The molecule has 1 heterocycles. The molecule has 1 N–H and O–H groups in total. The molecule has 4 heteroatoms. The summed E-state index contributed by atoms with van der Waals surface area (Å²) < 4.78 is 0. The van der Waals surface area contributed by atoms with Gasteiger partial charge in [-0.15, -0.1) is 0 Å². The SMILES string of the molecule is Cc1ccc(Sc2ccc(Cl)cn2)c(CNC(C)C)c1. The molecule has 0 atom stereocenters. The minimum absolute atomic E-state index is 0.474. The Morgan fingerprint density at radius 3 is 2.70 bits per heavy atom. The number of rotatable bonds is 5. The van der Waals surface area contributed by atoms with Crippen LogP contribution in [0.15, 0.2) is 46.5 Å². The zero-order chi connectivity index (χ0) is 14.5. The average Bonchev–Trinajstić information content (AvgIpc) is 2.41. The standard InChI is InChI=1S/C16H19ClN2S/c1-11(2)18-9-13-8-12(3)4-6-15(13)20-16-7-5-14(17)10-19-16/h4-8,10-11,18H,9H2,1-3H3. The molecule has 20 heavy (non-hydrogen) atoms.